The highest BCUT2D eigenvalue weighted by Crippen LogP contribution is 2.35. The number of methoxy groups -OCH3 is 1. The summed E-state index contributed by atoms with van der Waals surface area (Å²) >= 11 is 3.46. The predicted octanol–water partition coefficient (Wildman–Crippen LogP) is 5.13. The number of rotatable bonds is 8. The Morgan fingerprint density at radius 1 is 1.15 bits per heavy atom. The van der Waals surface area contributed by atoms with Crippen LogP contribution in [0.2, 0.25) is 0 Å². The van der Waals surface area contributed by atoms with E-state index in [1.807, 2.05) is 48.7 Å². The molecule has 41 heavy (non-hydrogen) atoms. The van der Waals surface area contributed by atoms with E-state index in [-0.39, 0.29) is 30.7 Å². The molecule has 3 heterocycles. The molecule has 1 atom stereocenters. The van der Waals surface area contributed by atoms with Gasteiger partial charge in [0.15, 0.2) is 6.23 Å². The van der Waals surface area contributed by atoms with Gasteiger partial charge in [-0.15, -0.1) is 0 Å². The van der Waals surface area contributed by atoms with Gasteiger partial charge in [0.05, 0.1) is 23.8 Å². The van der Waals surface area contributed by atoms with Gasteiger partial charge in [-0.05, 0) is 72.6 Å². The molecule has 0 bridgehead atoms. The Kier molecular flexibility index (Phi) is 7.38. The minimum atomic E-state index is -0.658. The molecule has 0 aliphatic carbocycles. The summed E-state index contributed by atoms with van der Waals surface area (Å²) in [6.45, 7) is 0.359. The second kappa shape index (κ2) is 11.3. The van der Waals surface area contributed by atoms with Crippen molar-refractivity contribution in [2.75, 3.05) is 20.3 Å². The number of aromatic amines is 1. The third kappa shape index (κ3) is 5.63. The van der Waals surface area contributed by atoms with Gasteiger partial charge < -0.3 is 19.4 Å². The maximum atomic E-state index is 13.7. The van der Waals surface area contributed by atoms with Crippen molar-refractivity contribution >= 4 is 38.8 Å². The first-order valence-electron chi connectivity index (χ1n) is 12.9. The molecule has 6 rings (SSSR count). The van der Waals surface area contributed by atoms with Crippen LogP contribution in [0.15, 0.2) is 77.4 Å². The second-order valence-corrected chi connectivity index (χ2v) is 10.6. The van der Waals surface area contributed by atoms with Crippen LogP contribution in [-0.2, 0) is 31.9 Å². The number of H-pyrrole nitrogens is 1. The third-order valence-electron chi connectivity index (χ3n) is 6.96. The summed E-state index contributed by atoms with van der Waals surface area (Å²) in [5.74, 6) is -0.308. The van der Waals surface area contributed by atoms with Gasteiger partial charge in [0.2, 0.25) is 0 Å². The average Bonchev–Trinajstić information content (AvgIpc) is 3.68. The van der Waals surface area contributed by atoms with E-state index in [4.69, 9.17) is 14.6 Å². The summed E-state index contributed by atoms with van der Waals surface area (Å²) < 4.78 is 27.1. The number of benzene rings is 3. The van der Waals surface area contributed by atoms with E-state index >= 15 is 0 Å². The zero-order chi connectivity index (χ0) is 28.5. The van der Waals surface area contributed by atoms with E-state index in [1.165, 1.54) is 19.2 Å². The number of nitrogens with one attached hydrogen (secondary N) is 1. The Morgan fingerprint density at radius 2 is 1.93 bits per heavy atom. The predicted molar refractivity (Wildman–Crippen MR) is 153 cm³/mol. The molecule has 2 aromatic heterocycles. The number of esters is 1. The molecule has 1 saturated heterocycles. The van der Waals surface area contributed by atoms with Crippen molar-refractivity contribution in [2.45, 2.75) is 19.1 Å². The van der Waals surface area contributed by atoms with Crippen LogP contribution in [-0.4, -0.2) is 56.8 Å². The number of aromatic nitrogens is 4. The molecule has 9 nitrogen and oxygen atoms in total. The summed E-state index contributed by atoms with van der Waals surface area (Å²) in [6, 6.07) is 19.6. The van der Waals surface area contributed by atoms with Crippen molar-refractivity contribution in [1.29, 1.82) is 0 Å². The lowest BCUT2D eigenvalue weighted by Gasteiger charge is -2.23. The number of ether oxygens (including phenoxy) is 2. The highest BCUT2D eigenvalue weighted by atomic mass is 79.9. The molecule has 1 aliphatic heterocycles. The number of fused-ring (bicyclic) bond motifs is 1. The number of halogens is 2. The van der Waals surface area contributed by atoms with Gasteiger partial charge in [0, 0.05) is 28.3 Å². The maximum Gasteiger partial charge on any atom is 0.313 e. The van der Waals surface area contributed by atoms with Crippen molar-refractivity contribution in [3.63, 3.8) is 0 Å². The fourth-order valence-electron chi connectivity index (χ4n) is 4.89. The Morgan fingerprint density at radius 3 is 2.68 bits per heavy atom. The van der Waals surface area contributed by atoms with E-state index in [0.717, 1.165) is 26.8 Å². The van der Waals surface area contributed by atoms with Crippen LogP contribution in [0.5, 0.6) is 0 Å². The summed E-state index contributed by atoms with van der Waals surface area (Å²) in [5.41, 5.74) is 5.41. The minimum absolute atomic E-state index is 0.0482. The van der Waals surface area contributed by atoms with Crippen LogP contribution >= 0.6 is 15.9 Å². The van der Waals surface area contributed by atoms with Gasteiger partial charge in [-0.2, -0.15) is 5.10 Å². The van der Waals surface area contributed by atoms with E-state index < -0.39 is 6.23 Å². The van der Waals surface area contributed by atoms with Gasteiger partial charge >= 0.3 is 5.97 Å². The lowest BCUT2D eigenvalue weighted by Crippen LogP contribution is -2.30. The topological polar surface area (TPSA) is 102 Å². The normalized spacial score (nSPS) is 15.1. The van der Waals surface area contributed by atoms with Crippen molar-refractivity contribution in [3.8, 4) is 16.9 Å². The summed E-state index contributed by atoms with van der Waals surface area (Å²) in [4.78, 5) is 33.9. The average molecular weight is 618 g/mol. The van der Waals surface area contributed by atoms with Crippen molar-refractivity contribution < 1.29 is 23.5 Å². The van der Waals surface area contributed by atoms with Crippen LogP contribution in [0, 0.1) is 5.82 Å². The number of nitrogens with zero attached hydrogens (tertiary/aromatic N) is 4. The molecule has 1 fully saturated rings. The third-order valence-corrected chi connectivity index (χ3v) is 7.49. The fraction of sp³-hybridized carbons (Fsp3) is 0.200. The highest BCUT2D eigenvalue weighted by molar-refractivity contribution is 9.10. The smallest absolute Gasteiger partial charge is 0.313 e. The van der Waals surface area contributed by atoms with Crippen LogP contribution in [0.4, 0.5) is 4.39 Å². The van der Waals surface area contributed by atoms with E-state index in [2.05, 4.69) is 25.9 Å². The summed E-state index contributed by atoms with van der Waals surface area (Å²) in [5, 5.41) is 4.81. The number of hydrogen-bond acceptors (Lipinski definition) is 6. The molecule has 0 spiro atoms. The Labute approximate surface area is 243 Å². The van der Waals surface area contributed by atoms with Gasteiger partial charge in [-0.25, -0.2) is 14.1 Å². The molecule has 3 aromatic carbocycles. The SMILES string of the molecule is COC(=O)Cc1nc2ccc(CCN3C(=O)COC3c3cn(-c4ccc(Br)cc4)nc3-c3ccc(F)cc3)cc2[nH]1. The van der Waals surface area contributed by atoms with E-state index in [9.17, 15) is 14.0 Å². The van der Waals surface area contributed by atoms with E-state index in [0.29, 0.717) is 35.6 Å². The zero-order valence-electron chi connectivity index (χ0n) is 22.0. The molecule has 1 aliphatic rings. The minimum Gasteiger partial charge on any atom is -0.469 e. The molecule has 11 heteroatoms. The molecule has 1 N–H and O–H groups in total. The molecular weight excluding hydrogens is 593 g/mol. The highest BCUT2D eigenvalue weighted by Gasteiger charge is 2.36. The number of carbonyl (C=O) groups is 2. The van der Waals surface area contributed by atoms with Crippen LogP contribution < -0.4 is 0 Å². The molecule has 208 valence electrons. The summed E-state index contributed by atoms with van der Waals surface area (Å²) in [6.07, 6.45) is 1.83. The first-order chi connectivity index (χ1) is 19.9. The molecule has 5 aromatic rings. The lowest BCUT2D eigenvalue weighted by molar-refractivity contribution is -0.139. The van der Waals surface area contributed by atoms with Crippen molar-refractivity contribution in [3.05, 3.63) is 100 Å². The number of imidazole rings is 1. The lowest BCUT2D eigenvalue weighted by atomic mass is 10.1. The zero-order valence-corrected chi connectivity index (χ0v) is 23.6. The van der Waals surface area contributed by atoms with Gasteiger partial charge in [-0.3, -0.25) is 9.59 Å². The molecule has 1 amide bonds. The monoisotopic (exact) mass is 617 g/mol. The molecule has 0 saturated carbocycles. The van der Waals surface area contributed by atoms with Crippen molar-refractivity contribution in [2.24, 2.45) is 0 Å². The Balaban J connectivity index is 1.28. The number of amides is 1. The largest absolute Gasteiger partial charge is 0.469 e. The van der Waals surface area contributed by atoms with Crippen LogP contribution in [0.25, 0.3) is 28.0 Å². The molecule has 1 unspecified atom stereocenters. The second-order valence-electron chi connectivity index (χ2n) is 9.65. The number of hydrogen-bond donors (Lipinski definition) is 1. The quantitative estimate of drug-likeness (QED) is 0.242. The van der Waals surface area contributed by atoms with Crippen molar-refractivity contribution in [1.82, 2.24) is 24.6 Å². The Hall–Kier alpha value is -4.35. The van der Waals surface area contributed by atoms with Gasteiger partial charge in [-0.1, -0.05) is 22.0 Å². The van der Waals surface area contributed by atoms with Gasteiger partial charge in [0.1, 0.15) is 30.4 Å². The summed E-state index contributed by atoms with van der Waals surface area (Å²) in [7, 11) is 1.34. The van der Waals surface area contributed by atoms with Gasteiger partial charge in [0.25, 0.3) is 5.91 Å². The first-order valence-corrected chi connectivity index (χ1v) is 13.7. The fourth-order valence-corrected chi connectivity index (χ4v) is 5.15. The standard InChI is InChI=1S/C30H25BrFN5O4/c1-40-28(39)15-26-33-24-11-2-18(14-25(24)34-26)12-13-36-27(38)17-41-30(36)23-16-37(22-9-5-20(31)6-10-22)35-29(23)19-3-7-21(32)8-4-19/h2-11,14,16,30H,12-13,15,17H2,1H3,(H,33,34). The van der Waals surface area contributed by atoms with Crippen LogP contribution in [0.1, 0.15) is 23.2 Å². The first kappa shape index (κ1) is 26.9. The van der Waals surface area contributed by atoms with E-state index in [1.54, 1.807) is 21.7 Å². The molecular formula is C30H25BrFN5O4. The molecule has 0 radical (unpaired) electrons. The number of carbonyl (C=O) groups excluding carboxylic acids is 2. The van der Waals surface area contributed by atoms with Crippen LogP contribution in [0.3, 0.4) is 0 Å². The Bertz CT molecular complexity index is 1730. The maximum absolute atomic E-state index is 13.7.